The largest absolute Gasteiger partial charge is 0.382 e. The lowest BCUT2D eigenvalue weighted by Gasteiger charge is -2.33. The number of amides is 1. The Hall–Kier alpha value is -2.85. The lowest BCUT2D eigenvalue weighted by Crippen LogP contribution is -2.50. The van der Waals surface area contributed by atoms with Crippen molar-refractivity contribution in [3.8, 4) is 0 Å². The number of aromatic amines is 1. The monoisotopic (exact) mass is 444 g/mol. The van der Waals surface area contributed by atoms with Crippen molar-refractivity contribution in [3.63, 3.8) is 0 Å². The first-order valence-electron chi connectivity index (χ1n) is 10.5. The summed E-state index contributed by atoms with van der Waals surface area (Å²) >= 11 is 0. The summed E-state index contributed by atoms with van der Waals surface area (Å²) in [5.74, 6) is 0.752. The summed E-state index contributed by atoms with van der Waals surface area (Å²) in [4.78, 5) is 18.2. The molecule has 0 saturated carbocycles. The van der Waals surface area contributed by atoms with Crippen molar-refractivity contribution in [2.45, 2.75) is 43.7 Å². The van der Waals surface area contributed by atoms with Crippen LogP contribution in [0.25, 0.3) is 10.9 Å². The Morgan fingerprint density at radius 1 is 1.29 bits per heavy atom. The van der Waals surface area contributed by atoms with Crippen molar-refractivity contribution in [1.82, 2.24) is 24.4 Å². The maximum absolute atomic E-state index is 13.3. The van der Waals surface area contributed by atoms with Crippen molar-refractivity contribution in [2.24, 2.45) is 5.92 Å². The van der Waals surface area contributed by atoms with Gasteiger partial charge in [0.1, 0.15) is 11.9 Å². The molecule has 4 rings (SSSR count). The summed E-state index contributed by atoms with van der Waals surface area (Å²) in [6, 6.07) is 7.55. The Labute approximate surface area is 181 Å². The SMILES string of the molecule is CC1CCN(C(=O)C(CCn2ccc(N)n2)NS(=O)(=O)c2cccc3[nH]ccc23)CC1. The molecule has 3 heterocycles. The Balaban J connectivity index is 1.58. The van der Waals surface area contributed by atoms with Gasteiger partial charge in [0.2, 0.25) is 15.9 Å². The summed E-state index contributed by atoms with van der Waals surface area (Å²) in [6.45, 7) is 3.82. The van der Waals surface area contributed by atoms with Crippen LogP contribution in [0.15, 0.2) is 47.6 Å². The van der Waals surface area contributed by atoms with Crippen molar-refractivity contribution < 1.29 is 13.2 Å². The second kappa shape index (κ2) is 8.72. The summed E-state index contributed by atoms with van der Waals surface area (Å²) in [5.41, 5.74) is 6.40. The highest BCUT2D eigenvalue weighted by Crippen LogP contribution is 2.23. The fourth-order valence-electron chi connectivity index (χ4n) is 3.99. The van der Waals surface area contributed by atoms with Gasteiger partial charge >= 0.3 is 0 Å². The molecule has 1 unspecified atom stereocenters. The zero-order valence-electron chi connectivity index (χ0n) is 17.5. The zero-order chi connectivity index (χ0) is 22.0. The van der Waals surface area contributed by atoms with Gasteiger partial charge < -0.3 is 15.6 Å². The molecule has 1 aromatic carbocycles. The molecule has 9 nitrogen and oxygen atoms in total. The molecule has 4 N–H and O–H groups in total. The van der Waals surface area contributed by atoms with E-state index < -0.39 is 16.1 Å². The van der Waals surface area contributed by atoms with Crippen molar-refractivity contribution in [3.05, 3.63) is 42.7 Å². The minimum atomic E-state index is -3.92. The number of aryl methyl sites for hydroxylation is 1. The Morgan fingerprint density at radius 2 is 2.06 bits per heavy atom. The predicted molar refractivity (Wildman–Crippen MR) is 119 cm³/mol. The number of hydrogen-bond acceptors (Lipinski definition) is 5. The number of piperidine rings is 1. The highest BCUT2D eigenvalue weighted by molar-refractivity contribution is 7.89. The molecule has 1 aliphatic heterocycles. The number of aromatic nitrogens is 3. The van der Waals surface area contributed by atoms with Gasteiger partial charge in [-0.1, -0.05) is 13.0 Å². The van der Waals surface area contributed by atoms with Gasteiger partial charge in [-0.05, 0) is 49.4 Å². The molecular weight excluding hydrogens is 416 g/mol. The lowest BCUT2D eigenvalue weighted by atomic mass is 9.98. The Bertz CT molecular complexity index is 1160. The number of nitrogen functional groups attached to an aromatic ring is 1. The molecule has 1 amide bonds. The van der Waals surface area contributed by atoms with E-state index in [0.717, 1.165) is 18.4 Å². The second-order valence-electron chi connectivity index (χ2n) is 8.17. The topological polar surface area (TPSA) is 126 Å². The van der Waals surface area contributed by atoms with Crippen molar-refractivity contribution in [2.75, 3.05) is 18.8 Å². The number of sulfonamides is 1. The number of hydrogen-bond donors (Lipinski definition) is 3. The first-order valence-corrected chi connectivity index (χ1v) is 12.0. The first kappa shape index (κ1) is 21.4. The third-order valence-electron chi connectivity index (χ3n) is 5.84. The van der Waals surface area contributed by atoms with Crippen LogP contribution in [0.3, 0.4) is 0 Å². The molecule has 1 aliphatic rings. The fourth-order valence-corrected chi connectivity index (χ4v) is 5.43. The summed E-state index contributed by atoms with van der Waals surface area (Å²) in [7, 11) is -3.92. The number of nitrogens with zero attached hydrogens (tertiary/aromatic N) is 3. The number of carbonyl (C=O) groups excluding carboxylic acids is 1. The standard InChI is InChI=1S/C21H28N6O3S/c1-15-6-11-26(12-7-15)21(28)18(8-13-27-14-9-20(22)24-27)25-31(29,30)19-4-2-3-17-16(19)5-10-23-17/h2-5,9-10,14-15,18,23,25H,6-8,11-13H2,1H3,(H2,22,24). The molecule has 1 saturated heterocycles. The van der Waals surface area contributed by atoms with E-state index in [0.29, 0.717) is 36.8 Å². The number of H-pyrrole nitrogens is 1. The van der Waals surface area contributed by atoms with Gasteiger partial charge in [0.05, 0.1) is 4.90 Å². The van der Waals surface area contributed by atoms with E-state index in [1.54, 1.807) is 46.2 Å². The molecule has 1 fully saturated rings. The smallest absolute Gasteiger partial charge is 0.241 e. The van der Waals surface area contributed by atoms with Crippen LogP contribution in [-0.2, 0) is 21.4 Å². The number of rotatable bonds is 7. The zero-order valence-corrected chi connectivity index (χ0v) is 18.3. The van der Waals surface area contributed by atoms with Crippen molar-refractivity contribution in [1.29, 1.82) is 0 Å². The van der Waals surface area contributed by atoms with Gasteiger partial charge in [-0.2, -0.15) is 9.82 Å². The molecule has 10 heteroatoms. The van der Waals surface area contributed by atoms with Crippen LogP contribution in [-0.4, -0.2) is 53.1 Å². The maximum atomic E-state index is 13.3. The summed E-state index contributed by atoms with van der Waals surface area (Å²) < 4.78 is 30.8. The van der Waals surface area contributed by atoms with Crippen LogP contribution in [0.4, 0.5) is 5.82 Å². The molecule has 1 atom stereocenters. The van der Waals surface area contributed by atoms with E-state index in [9.17, 15) is 13.2 Å². The van der Waals surface area contributed by atoms with Crippen LogP contribution < -0.4 is 10.5 Å². The predicted octanol–water partition coefficient (Wildman–Crippen LogP) is 1.94. The number of benzene rings is 1. The Kier molecular flexibility index (Phi) is 6.01. The minimum absolute atomic E-state index is 0.152. The van der Waals surface area contributed by atoms with E-state index >= 15 is 0 Å². The molecule has 31 heavy (non-hydrogen) atoms. The molecule has 0 radical (unpaired) electrons. The van der Waals surface area contributed by atoms with Gasteiger partial charge in [0, 0.05) is 42.9 Å². The number of anilines is 1. The maximum Gasteiger partial charge on any atom is 0.241 e. The highest BCUT2D eigenvalue weighted by Gasteiger charge is 2.31. The average molecular weight is 445 g/mol. The molecule has 166 valence electrons. The van der Waals surface area contributed by atoms with Crippen LogP contribution in [0.1, 0.15) is 26.2 Å². The second-order valence-corrected chi connectivity index (χ2v) is 9.85. The molecule has 0 aliphatic carbocycles. The van der Waals surface area contributed by atoms with Crippen LogP contribution in [0.2, 0.25) is 0 Å². The third kappa shape index (κ3) is 4.75. The van der Waals surface area contributed by atoms with Crippen molar-refractivity contribution >= 4 is 32.7 Å². The van der Waals surface area contributed by atoms with Gasteiger partial charge in [-0.3, -0.25) is 9.48 Å². The Morgan fingerprint density at radius 3 is 2.77 bits per heavy atom. The fraction of sp³-hybridized carbons (Fsp3) is 0.429. The van der Waals surface area contributed by atoms with E-state index in [-0.39, 0.29) is 17.2 Å². The quantitative estimate of drug-likeness (QED) is 0.513. The third-order valence-corrected chi connectivity index (χ3v) is 7.37. The van der Waals surface area contributed by atoms with Crippen LogP contribution in [0.5, 0.6) is 0 Å². The highest BCUT2D eigenvalue weighted by atomic mass is 32.2. The molecule has 2 aromatic heterocycles. The molecular formula is C21H28N6O3S. The average Bonchev–Trinajstić information content (AvgIpc) is 3.39. The van der Waals surface area contributed by atoms with Gasteiger partial charge in [-0.15, -0.1) is 0 Å². The van der Waals surface area contributed by atoms with Crippen LogP contribution >= 0.6 is 0 Å². The molecule has 3 aromatic rings. The van der Waals surface area contributed by atoms with Gasteiger partial charge in [0.15, 0.2) is 0 Å². The van der Waals surface area contributed by atoms with E-state index in [2.05, 4.69) is 21.7 Å². The van der Waals surface area contributed by atoms with E-state index in [1.165, 1.54) is 0 Å². The summed E-state index contributed by atoms with van der Waals surface area (Å²) in [6.07, 6.45) is 5.53. The summed E-state index contributed by atoms with van der Waals surface area (Å²) in [5, 5.41) is 4.73. The number of likely N-dealkylation sites (tertiary alicyclic amines) is 1. The van der Waals surface area contributed by atoms with Crippen LogP contribution in [0, 0.1) is 5.92 Å². The molecule has 0 bridgehead atoms. The van der Waals surface area contributed by atoms with Gasteiger partial charge in [0.25, 0.3) is 0 Å². The lowest BCUT2D eigenvalue weighted by molar-refractivity contribution is -0.134. The molecule has 0 spiro atoms. The number of nitrogens with one attached hydrogen (secondary N) is 2. The number of fused-ring (bicyclic) bond motifs is 1. The first-order chi connectivity index (χ1) is 14.8. The normalized spacial score (nSPS) is 16.6. The van der Waals surface area contributed by atoms with E-state index in [1.807, 2.05) is 6.07 Å². The van der Waals surface area contributed by atoms with E-state index in [4.69, 9.17) is 5.73 Å². The van der Waals surface area contributed by atoms with Gasteiger partial charge in [-0.25, -0.2) is 8.42 Å². The number of carbonyl (C=O) groups is 1. The number of nitrogens with two attached hydrogens (primary N) is 1. The minimum Gasteiger partial charge on any atom is -0.382 e.